The summed E-state index contributed by atoms with van der Waals surface area (Å²) in [6.45, 7) is 2.22. The van der Waals surface area contributed by atoms with E-state index in [1.807, 2.05) is 4.90 Å². The molecule has 2 fully saturated rings. The van der Waals surface area contributed by atoms with Gasteiger partial charge in [-0.05, 0) is 25.7 Å². The van der Waals surface area contributed by atoms with E-state index >= 15 is 0 Å². The predicted octanol–water partition coefficient (Wildman–Crippen LogP) is 3.40. The molecule has 2 aliphatic rings. The molecule has 126 valence electrons. The molecular formula is C18H32N2O2. The summed E-state index contributed by atoms with van der Waals surface area (Å²) in [6.07, 6.45) is 13.6. The van der Waals surface area contributed by atoms with Gasteiger partial charge >= 0.3 is 0 Å². The van der Waals surface area contributed by atoms with Crippen molar-refractivity contribution >= 4 is 11.8 Å². The molecule has 0 aromatic carbocycles. The van der Waals surface area contributed by atoms with Gasteiger partial charge in [0.25, 0.3) is 0 Å². The molecule has 0 aliphatic heterocycles. The largest absolute Gasteiger partial charge is 0.353 e. The summed E-state index contributed by atoms with van der Waals surface area (Å²) in [4.78, 5) is 26.0. The van der Waals surface area contributed by atoms with E-state index in [1.165, 1.54) is 44.9 Å². The topological polar surface area (TPSA) is 49.4 Å². The van der Waals surface area contributed by atoms with Crippen LogP contribution in [0.2, 0.25) is 0 Å². The third kappa shape index (κ3) is 5.62. The minimum absolute atomic E-state index is 0.119. The summed E-state index contributed by atoms with van der Waals surface area (Å²) < 4.78 is 0. The Morgan fingerprint density at radius 3 is 2.05 bits per heavy atom. The number of nitrogens with zero attached hydrogens (tertiary/aromatic N) is 1. The van der Waals surface area contributed by atoms with Crippen LogP contribution in [0.4, 0.5) is 0 Å². The molecule has 2 saturated carbocycles. The first-order valence-corrected chi connectivity index (χ1v) is 9.23. The van der Waals surface area contributed by atoms with Gasteiger partial charge in [0.15, 0.2) is 0 Å². The molecule has 0 atom stereocenters. The van der Waals surface area contributed by atoms with E-state index in [2.05, 4.69) is 5.32 Å². The van der Waals surface area contributed by atoms with E-state index in [1.54, 1.807) is 6.92 Å². The van der Waals surface area contributed by atoms with Crippen molar-refractivity contribution in [3.63, 3.8) is 0 Å². The lowest BCUT2D eigenvalue weighted by Gasteiger charge is -2.33. The molecule has 0 heterocycles. The number of carbonyl (C=O) groups excluding carboxylic acids is 2. The lowest BCUT2D eigenvalue weighted by atomic mass is 9.94. The minimum Gasteiger partial charge on any atom is -0.353 e. The van der Waals surface area contributed by atoms with Gasteiger partial charge in [0.05, 0.1) is 0 Å². The van der Waals surface area contributed by atoms with E-state index < -0.39 is 0 Å². The Balaban J connectivity index is 1.75. The van der Waals surface area contributed by atoms with Crippen LogP contribution in [0.25, 0.3) is 0 Å². The maximum Gasteiger partial charge on any atom is 0.221 e. The standard InChI is InChI=1S/C18H32N2O2/c1-15(21)20(17-11-7-4-8-12-17)14-13-18(22)19-16-9-5-2-3-6-10-16/h16-17H,2-14H2,1H3,(H,19,22). The van der Waals surface area contributed by atoms with Crippen molar-refractivity contribution < 1.29 is 9.59 Å². The normalized spacial score (nSPS) is 21.1. The second-order valence-corrected chi connectivity index (χ2v) is 7.01. The Morgan fingerprint density at radius 1 is 0.909 bits per heavy atom. The fourth-order valence-corrected chi connectivity index (χ4v) is 3.94. The van der Waals surface area contributed by atoms with E-state index in [4.69, 9.17) is 0 Å². The van der Waals surface area contributed by atoms with E-state index in [9.17, 15) is 9.59 Å². The zero-order chi connectivity index (χ0) is 15.8. The summed E-state index contributed by atoms with van der Waals surface area (Å²) in [5.41, 5.74) is 0. The van der Waals surface area contributed by atoms with Crippen LogP contribution in [0.3, 0.4) is 0 Å². The summed E-state index contributed by atoms with van der Waals surface area (Å²) in [5.74, 6) is 0.239. The smallest absolute Gasteiger partial charge is 0.221 e. The quantitative estimate of drug-likeness (QED) is 0.791. The molecule has 2 aliphatic carbocycles. The monoisotopic (exact) mass is 308 g/mol. The van der Waals surface area contributed by atoms with Crippen molar-refractivity contribution in [1.82, 2.24) is 10.2 Å². The lowest BCUT2D eigenvalue weighted by molar-refractivity contribution is -0.132. The van der Waals surface area contributed by atoms with Crippen LogP contribution in [-0.4, -0.2) is 35.3 Å². The first-order chi connectivity index (χ1) is 10.7. The highest BCUT2D eigenvalue weighted by atomic mass is 16.2. The zero-order valence-electron chi connectivity index (χ0n) is 14.1. The molecule has 4 nitrogen and oxygen atoms in total. The highest BCUT2D eigenvalue weighted by Crippen LogP contribution is 2.23. The van der Waals surface area contributed by atoms with Crippen molar-refractivity contribution in [2.75, 3.05) is 6.54 Å². The number of amides is 2. The second kappa shape index (κ2) is 9.16. The van der Waals surface area contributed by atoms with Crippen LogP contribution in [-0.2, 0) is 9.59 Å². The number of hydrogen-bond acceptors (Lipinski definition) is 2. The number of hydrogen-bond donors (Lipinski definition) is 1. The average molecular weight is 308 g/mol. The summed E-state index contributed by atoms with van der Waals surface area (Å²) in [6, 6.07) is 0.715. The maximum absolute atomic E-state index is 12.2. The van der Waals surface area contributed by atoms with Gasteiger partial charge in [0, 0.05) is 32.0 Å². The van der Waals surface area contributed by atoms with Crippen molar-refractivity contribution in [2.45, 2.75) is 96.1 Å². The molecule has 0 unspecified atom stereocenters. The van der Waals surface area contributed by atoms with Gasteiger partial charge in [0.2, 0.25) is 11.8 Å². The predicted molar refractivity (Wildman–Crippen MR) is 88.5 cm³/mol. The number of carbonyl (C=O) groups is 2. The van der Waals surface area contributed by atoms with Gasteiger partial charge in [-0.25, -0.2) is 0 Å². The maximum atomic E-state index is 12.2. The SMILES string of the molecule is CC(=O)N(CCC(=O)NC1CCCCCC1)C1CCCCC1. The molecule has 0 saturated heterocycles. The molecule has 1 N–H and O–H groups in total. The van der Waals surface area contributed by atoms with Crippen LogP contribution in [0.1, 0.15) is 84.0 Å². The Kier molecular flexibility index (Phi) is 7.20. The van der Waals surface area contributed by atoms with E-state index in [0.717, 1.165) is 25.7 Å². The van der Waals surface area contributed by atoms with Gasteiger partial charge < -0.3 is 10.2 Å². The van der Waals surface area contributed by atoms with Crippen LogP contribution in [0.5, 0.6) is 0 Å². The lowest BCUT2D eigenvalue weighted by Crippen LogP contribution is -2.43. The fourth-order valence-electron chi connectivity index (χ4n) is 3.94. The number of nitrogens with one attached hydrogen (secondary N) is 1. The van der Waals surface area contributed by atoms with Crippen molar-refractivity contribution in [1.29, 1.82) is 0 Å². The Morgan fingerprint density at radius 2 is 1.45 bits per heavy atom. The molecule has 2 amide bonds. The molecule has 0 aromatic heterocycles. The van der Waals surface area contributed by atoms with Gasteiger partial charge in [-0.3, -0.25) is 9.59 Å². The summed E-state index contributed by atoms with van der Waals surface area (Å²) >= 11 is 0. The van der Waals surface area contributed by atoms with Crippen molar-refractivity contribution in [3.8, 4) is 0 Å². The van der Waals surface area contributed by atoms with Crippen LogP contribution in [0, 0.1) is 0 Å². The molecule has 0 bridgehead atoms. The van der Waals surface area contributed by atoms with Gasteiger partial charge in [0.1, 0.15) is 0 Å². The Bertz CT molecular complexity index is 356. The molecule has 22 heavy (non-hydrogen) atoms. The molecule has 2 rings (SSSR count). The minimum atomic E-state index is 0.119. The zero-order valence-corrected chi connectivity index (χ0v) is 14.1. The van der Waals surface area contributed by atoms with Gasteiger partial charge in [-0.2, -0.15) is 0 Å². The average Bonchev–Trinajstić information content (AvgIpc) is 2.77. The van der Waals surface area contributed by atoms with Crippen LogP contribution >= 0.6 is 0 Å². The fraction of sp³-hybridized carbons (Fsp3) is 0.889. The third-order valence-corrected chi connectivity index (χ3v) is 5.22. The first-order valence-electron chi connectivity index (χ1n) is 9.23. The molecular weight excluding hydrogens is 276 g/mol. The summed E-state index contributed by atoms with van der Waals surface area (Å²) in [5, 5.41) is 3.18. The Labute approximate surface area is 135 Å². The Hall–Kier alpha value is -1.06. The highest BCUT2D eigenvalue weighted by Gasteiger charge is 2.24. The molecule has 0 radical (unpaired) electrons. The van der Waals surface area contributed by atoms with Crippen molar-refractivity contribution in [3.05, 3.63) is 0 Å². The van der Waals surface area contributed by atoms with Crippen LogP contribution in [0.15, 0.2) is 0 Å². The van der Waals surface area contributed by atoms with E-state index in [0.29, 0.717) is 25.0 Å². The third-order valence-electron chi connectivity index (χ3n) is 5.22. The first kappa shape index (κ1) is 17.3. The molecule has 0 aromatic rings. The van der Waals surface area contributed by atoms with E-state index in [-0.39, 0.29) is 11.8 Å². The second-order valence-electron chi connectivity index (χ2n) is 7.01. The number of rotatable bonds is 5. The molecule has 0 spiro atoms. The summed E-state index contributed by atoms with van der Waals surface area (Å²) in [7, 11) is 0. The van der Waals surface area contributed by atoms with Crippen LogP contribution < -0.4 is 5.32 Å². The van der Waals surface area contributed by atoms with Crippen molar-refractivity contribution in [2.24, 2.45) is 0 Å². The van der Waals surface area contributed by atoms with Gasteiger partial charge in [-0.15, -0.1) is 0 Å². The van der Waals surface area contributed by atoms with Gasteiger partial charge in [-0.1, -0.05) is 44.9 Å². The highest BCUT2D eigenvalue weighted by molar-refractivity contribution is 5.78. The molecule has 4 heteroatoms.